The van der Waals surface area contributed by atoms with Crippen molar-refractivity contribution in [2.75, 3.05) is 13.1 Å². The molecule has 2 rings (SSSR count). The minimum absolute atomic E-state index is 0.546. The first kappa shape index (κ1) is 14.8. The lowest BCUT2D eigenvalue weighted by Gasteiger charge is -2.41. The summed E-state index contributed by atoms with van der Waals surface area (Å²) in [5.41, 5.74) is 1.17. The van der Waals surface area contributed by atoms with Gasteiger partial charge in [0.15, 0.2) is 0 Å². The zero-order chi connectivity index (χ0) is 13.8. The van der Waals surface area contributed by atoms with Crippen LogP contribution in [-0.2, 0) is 6.54 Å². The van der Waals surface area contributed by atoms with Gasteiger partial charge in [-0.1, -0.05) is 31.9 Å². The molecule has 1 fully saturated rings. The first-order valence-corrected chi connectivity index (χ1v) is 7.55. The van der Waals surface area contributed by atoms with Crippen molar-refractivity contribution in [3.05, 3.63) is 29.0 Å². The molecule has 3 atom stereocenters. The average Bonchev–Trinajstić information content (AvgIpc) is 2.42. The van der Waals surface area contributed by atoms with Crippen LogP contribution in [0.15, 0.2) is 18.5 Å². The Morgan fingerprint density at radius 3 is 3.05 bits per heavy atom. The highest BCUT2D eigenvalue weighted by Crippen LogP contribution is 2.21. The van der Waals surface area contributed by atoms with Gasteiger partial charge >= 0.3 is 0 Å². The number of rotatable bonds is 4. The minimum atomic E-state index is 0.546. The van der Waals surface area contributed by atoms with E-state index in [-0.39, 0.29) is 0 Å². The number of nitrogens with zero attached hydrogens (tertiary/aromatic N) is 2. The molecule has 1 saturated heterocycles. The highest BCUT2D eigenvalue weighted by molar-refractivity contribution is 6.31. The Labute approximate surface area is 121 Å². The quantitative estimate of drug-likeness (QED) is 0.920. The topological polar surface area (TPSA) is 28.2 Å². The van der Waals surface area contributed by atoms with Gasteiger partial charge in [-0.15, -0.1) is 0 Å². The molecule has 1 aliphatic rings. The lowest BCUT2D eigenvalue weighted by molar-refractivity contribution is 0.112. The van der Waals surface area contributed by atoms with Gasteiger partial charge in [-0.3, -0.25) is 9.88 Å². The van der Waals surface area contributed by atoms with Crippen molar-refractivity contribution < 1.29 is 0 Å². The van der Waals surface area contributed by atoms with E-state index >= 15 is 0 Å². The Hall–Kier alpha value is -0.640. The second-order valence-electron chi connectivity index (χ2n) is 5.65. The minimum Gasteiger partial charge on any atom is -0.311 e. The smallest absolute Gasteiger partial charge is 0.0634 e. The van der Waals surface area contributed by atoms with Crippen LogP contribution in [0.1, 0.15) is 32.8 Å². The number of aromatic nitrogens is 1. The molecule has 0 aromatic carbocycles. The molecule has 0 saturated carbocycles. The molecule has 19 heavy (non-hydrogen) atoms. The van der Waals surface area contributed by atoms with Gasteiger partial charge in [0.05, 0.1) is 5.02 Å². The van der Waals surface area contributed by atoms with Crippen molar-refractivity contribution in [2.45, 2.75) is 45.8 Å². The third kappa shape index (κ3) is 3.68. The Bertz CT molecular complexity index is 410. The largest absolute Gasteiger partial charge is 0.311 e. The number of hydrogen-bond acceptors (Lipinski definition) is 3. The van der Waals surface area contributed by atoms with E-state index < -0.39 is 0 Å². The van der Waals surface area contributed by atoms with Crippen LogP contribution in [0.25, 0.3) is 0 Å². The average molecular weight is 282 g/mol. The molecule has 4 heteroatoms. The normalized spacial score (nSPS) is 26.3. The summed E-state index contributed by atoms with van der Waals surface area (Å²) in [5.74, 6) is 0.711. The van der Waals surface area contributed by atoms with E-state index in [9.17, 15) is 0 Å². The molecule has 1 aliphatic heterocycles. The lowest BCUT2D eigenvalue weighted by atomic mass is 9.95. The molecule has 0 amide bonds. The van der Waals surface area contributed by atoms with E-state index in [2.05, 4.69) is 36.0 Å². The SMILES string of the molecule is CCC(C)C1CN(Cc2ccncc2Cl)C(C)CN1. The van der Waals surface area contributed by atoms with E-state index in [0.717, 1.165) is 24.7 Å². The van der Waals surface area contributed by atoms with Crippen molar-refractivity contribution >= 4 is 11.6 Å². The van der Waals surface area contributed by atoms with Crippen molar-refractivity contribution in [2.24, 2.45) is 5.92 Å². The van der Waals surface area contributed by atoms with Crippen LogP contribution >= 0.6 is 11.6 Å². The van der Waals surface area contributed by atoms with Crippen LogP contribution in [0.2, 0.25) is 5.02 Å². The van der Waals surface area contributed by atoms with Crippen LogP contribution in [0, 0.1) is 5.92 Å². The molecule has 3 nitrogen and oxygen atoms in total. The number of pyridine rings is 1. The molecule has 0 radical (unpaired) electrons. The fraction of sp³-hybridized carbons (Fsp3) is 0.667. The van der Waals surface area contributed by atoms with Gasteiger partial charge in [0.2, 0.25) is 0 Å². The van der Waals surface area contributed by atoms with Crippen molar-refractivity contribution in [3.63, 3.8) is 0 Å². The Kier molecular flexibility index (Phi) is 5.20. The number of hydrogen-bond donors (Lipinski definition) is 1. The third-order valence-electron chi connectivity index (χ3n) is 4.29. The van der Waals surface area contributed by atoms with Crippen molar-refractivity contribution in [1.29, 1.82) is 0 Å². The molecule has 3 unspecified atom stereocenters. The first-order valence-electron chi connectivity index (χ1n) is 7.17. The van der Waals surface area contributed by atoms with Gasteiger partial charge in [-0.05, 0) is 24.5 Å². The van der Waals surface area contributed by atoms with Crippen molar-refractivity contribution in [3.8, 4) is 0 Å². The number of halogens is 1. The summed E-state index contributed by atoms with van der Waals surface area (Å²) in [6.07, 6.45) is 4.77. The number of piperazine rings is 1. The Balaban J connectivity index is 2.03. The second kappa shape index (κ2) is 6.69. The van der Waals surface area contributed by atoms with Crippen molar-refractivity contribution in [1.82, 2.24) is 15.2 Å². The summed E-state index contributed by atoms with van der Waals surface area (Å²) in [6.45, 7) is 9.91. The van der Waals surface area contributed by atoms with E-state index in [0.29, 0.717) is 18.0 Å². The standard InChI is InChI=1S/C15H24ClN3/c1-4-11(2)15-10-19(12(3)7-18-15)9-13-5-6-17-8-14(13)16/h5-6,8,11-12,15,18H,4,7,9-10H2,1-3H3. The predicted octanol–water partition coefficient (Wildman–Crippen LogP) is 2.94. The van der Waals surface area contributed by atoms with Gasteiger partial charge < -0.3 is 5.32 Å². The first-order chi connectivity index (χ1) is 9.11. The molecule has 0 bridgehead atoms. The fourth-order valence-electron chi connectivity index (χ4n) is 2.59. The van der Waals surface area contributed by atoms with E-state index in [1.165, 1.54) is 12.0 Å². The zero-order valence-electron chi connectivity index (χ0n) is 12.1. The maximum atomic E-state index is 6.21. The van der Waals surface area contributed by atoms with Gasteiger partial charge in [0, 0.05) is 44.1 Å². The van der Waals surface area contributed by atoms with Crippen LogP contribution in [0.3, 0.4) is 0 Å². The molecule has 1 aromatic rings. The van der Waals surface area contributed by atoms with Crippen LogP contribution < -0.4 is 5.32 Å². The lowest BCUT2D eigenvalue weighted by Crippen LogP contribution is -2.56. The van der Waals surface area contributed by atoms with Crippen LogP contribution in [-0.4, -0.2) is 35.1 Å². The van der Waals surface area contributed by atoms with Gasteiger partial charge in [0.25, 0.3) is 0 Å². The summed E-state index contributed by atoms with van der Waals surface area (Å²) >= 11 is 6.21. The van der Waals surface area contributed by atoms with E-state index in [1.54, 1.807) is 6.20 Å². The maximum Gasteiger partial charge on any atom is 0.0634 e. The highest BCUT2D eigenvalue weighted by atomic mass is 35.5. The molecule has 0 aliphatic carbocycles. The van der Waals surface area contributed by atoms with Gasteiger partial charge in [0.1, 0.15) is 0 Å². The summed E-state index contributed by atoms with van der Waals surface area (Å²) in [5, 5.41) is 4.43. The van der Waals surface area contributed by atoms with Gasteiger partial charge in [-0.25, -0.2) is 0 Å². The monoisotopic (exact) mass is 281 g/mol. The zero-order valence-corrected chi connectivity index (χ0v) is 12.8. The number of nitrogens with one attached hydrogen (secondary N) is 1. The molecule has 1 aromatic heterocycles. The van der Waals surface area contributed by atoms with Crippen LogP contribution in [0.4, 0.5) is 0 Å². The van der Waals surface area contributed by atoms with E-state index in [4.69, 9.17) is 11.6 Å². The van der Waals surface area contributed by atoms with Gasteiger partial charge in [-0.2, -0.15) is 0 Å². The predicted molar refractivity (Wildman–Crippen MR) is 80.4 cm³/mol. The molecule has 0 spiro atoms. The fourth-order valence-corrected chi connectivity index (χ4v) is 2.76. The molecular formula is C15H24ClN3. The van der Waals surface area contributed by atoms with E-state index in [1.807, 2.05) is 12.3 Å². The Morgan fingerprint density at radius 2 is 2.37 bits per heavy atom. The maximum absolute atomic E-state index is 6.21. The highest BCUT2D eigenvalue weighted by Gasteiger charge is 2.27. The molecular weight excluding hydrogens is 258 g/mol. The van der Waals surface area contributed by atoms with Crippen LogP contribution in [0.5, 0.6) is 0 Å². The summed E-state index contributed by atoms with van der Waals surface area (Å²) in [6, 6.07) is 3.15. The molecule has 1 N–H and O–H groups in total. The molecule has 2 heterocycles. The Morgan fingerprint density at radius 1 is 1.58 bits per heavy atom. The third-order valence-corrected chi connectivity index (χ3v) is 4.63. The second-order valence-corrected chi connectivity index (χ2v) is 6.05. The molecule has 106 valence electrons. The summed E-state index contributed by atoms with van der Waals surface area (Å²) in [4.78, 5) is 6.57. The summed E-state index contributed by atoms with van der Waals surface area (Å²) in [7, 11) is 0. The summed E-state index contributed by atoms with van der Waals surface area (Å²) < 4.78 is 0.